The topological polar surface area (TPSA) is 40.5 Å². The van der Waals surface area contributed by atoms with Gasteiger partial charge in [0.25, 0.3) is 0 Å². The van der Waals surface area contributed by atoms with E-state index in [1.807, 2.05) is 11.8 Å². The van der Waals surface area contributed by atoms with Gasteiger partial charge in [0, 0.05) is 23.7 Å². The molecule has 0 aromatic rings. The Morgan fingerprint density at radius 3 is 1.25 bits per heavy atom. The Kier molecular flexibility index (Phi) is 4.14. The summed E-state index contributed by atoms with van der Waals surface area (Å²) in [5, 5.41) is 15.6. The first-order valence-electron chi connectivity index (χ1n) is 1.70. The highest BCUT2D eigenvalue weighted by atomic mass is 16.2. The summed E-state index contributed by atoms with van der Waals surface area (Å²) < 4.78 is 0. The monoisotopic (exact) mass is 106 g/mol. The molecule has 0 atom stereocenters. The van der Waals surface area contributed by atoms with Crippen LogP contribution in [0.1, 0.15) is 0 Å². The second-order valence-electron chi connectivity index (χ2n) is 0.724. The Morgan fingerprint density at radius 1 is 0.625 bits per heavy atom. The molecule has 0 aliphatic heterocycles. The summed E-state index contributed by atoms with van der Waals surface area (Å²) in [4.78, 5) is 0. The van der Waals surface area contributed by atoms with Gasteiger partial charge in [-0.2, -0.15) is 0 Å². The van der Waals surface area contributed by atoms with Crippen LogP contribution in [-0.4, -0.2) is 10.2 Å². The van der Waals surface area contributed by atoms with Crippen LogP contribution in [0.15, 0.2) is 0 Å². The van der Waals surface area contributed by atoms with E-state index in [-0.39, 0.29) is 0 Å². The van der Waals surface area contributed by atoms with E-state index in [1.54, 1.807) is 12.2 Å². The van der Waals surface area contributed by atoms with Gasteiger partial charge in [0.05, 0.1) is 0 Å². The molecule has 0 aromatic carbocycles. The van der Waals surface area contributed by atoms with E-state index in [4.69, 9.17) is 10.2 Å². The Labute approximate surface area is 47.2 Å². The average Bonchev–Trinajstić information content (AvgIpc) is 1.81. The fourth-order valence-corrected chi connectivity index (χ4v) is 0.118. The van der Waals surface area contributed by atoms with E-state index in [1.165, 1.54) is 0 Å². The summed E-state index contributed by atoms with van der Waals surface area (Å²) in [6, 6.07) is 0. The van der Waals surface area contributed by atoms with Gasteiger partial charge in [-0.05, 0) is 0 Å². The van der Waals surface area contributed by atoms with E-state index < -0.39 is 0 Å². The molecule has 0 bridgehead atoms. The summed E-state index contributed by atoms with van der Waals surface area (Å²) in [6.45, 7) is 0. The van der Waals surface area contributed by atoms with Crippen molar-refractivity contribution in [3.63, 3.8) is 0 Å². The van der Waals surface area contributed by atoms with Crippen molar-refractivity contribution in [1.29, 1.82) is 0 Å². The molecule has 0 fully saturated rings. The van der Waals surface area contributed by atoms with E-state index >= 15 is 0 Å². The van der Waals surface area contributed by atoms with Crippen LogP contribution in [0, 0.1) is 35.9 Å². The van der Waals surface area contributed by atoms with Crippen LogP contribution >= 0.6 is 0 Å². The van der Waals surface area contributed by atoms with Crippen LogP contribution in [-0.2, 0) is 0 Å². The molecule has 0 amide bonds. The molecule has 0 saturated heterocycles. The zero-order chi connectivity index (χ0) is 6.24. The molecule has 2 N–H and O–H groups in total. The molecule has 0 spiro atoms. The van der Waals surface area contributed by atoms with Crippen molar-refractivity contribution in [2.24, 2.45) is 0 Å². The Bertz CT molecular complexity index is 196. The number of rotatable bonds is 0. The van der Waals surface area contributed by atoms with E-state index in [2.05, 4.69) is 11.8 Å². The normalized spacial score (nSPS) is 3.50. The van der Waals surface area contributed by atoms with Gasteiger partial charge < -0.3 is 10.2 Å². The molecule has 0 aliphatic rings. The molecule has 2 heteroatoms. The van der Waals surface area contributed by atoms with Crippen LogP contribution in [0.25, 0.3) is 0 Å². The molecule has 38 valence electrons. The Morgan fingerprint density at radius 2 is 1.00 bits per heavy atom. The lowest BCUT2D eigenvalue weighted by Gasteiger charge is -1.52. The third kappa shape index (κ3) is 4.28. The molecule has 0 heterocycles. The largest absolute Gasteiger partial charge is 0.461 e. The Hall–Kier alpha value is -1.72. The van der Waals surface area contributed by atoms with Crippen LogP contribution < -0.4 is 0 Å². The summed E-state index contributed by atoms with van der Waals surface area (Å²) >= 11 is 0. The molecular weight excluding hydrogens is 104 g/mol. The highest BCUT2D eigenvalue weighted by Crippen LogP contribution is 1.48. The van der Waals surface area contributed by atoms with Crippen molar-refractivity contribution in [2.75, 3.05) is 0 Å². The molecular formula is C6H2O2. The van der Waals surface area contributed by atoms with Gasteiger partial charge >= 0.3 is 0 Å². The van der Waals surface area contributed by atoms with Gasteiger partial charge in [0.1, 0.15) is 12.2 Å². The smallest absolute Gasteiger partial charge is 0.122 e. The summed E-state index contributed by atoms with van der Waals surface area (Å²) in [5.74, 6) is 8.31. The molecule has 0 rings (SSSR count). The van der Waals surface area contributed by atoms with Gasteiger partial charge in [-0.25, -0.2) is 0 Å². The lowest BCUT2D eigenvalue weighted by molar-refractivity contribution is 0.517. The van der Waals surface area contributed by atoms with Gasteiger partial charge in [0.15, 0.2) is 0 Å². The molecule has 0 aromatic heterocycles. The van der Waals surface area contributed by atoms with Crippen LogP contribution in [0.2, 0.25) is 0 Å². The summed E-state index contributed by atoms with van der Waals surface area (Å²) in [6.07, 6.45) is 3.11. The molecule has 0 aliphatic carbocycles. The lowest BCUT2D eigenvalue weighted by atomic mass is 10.6. The minimum atomic E-state index is 1.55. The third-order valence-electron chi connectivity index (χ3n) is 0.299. The summed E-state index contributed by atoms with van der Waals surface area (Å²) in [5.41, 5.74) is 0. The standard InChI is InChI=1S/C6H2O2/c7-5-3-1-2-4-6-8/h7-8H. The van der Waals surface area contributed by atoms with Crippen molar-refractivity contribution < 1.29 is 10.2 Å². The quantitative estimate of drug-likeness (QED) is 0.414. The third-order valence-corrected chi connectivity index (χ3v) is 0.299. The highest BCUT2D eigenvalue weighted by Gasteiger charge is 1.50. The van der Waals surface area contributed by atoms with E-state index in [0.717, 1.165) is 0 Å². The fourth-order valence-electron chi connectivity index (χ4n) is 0.118. The second-order valence-corrected chi connectivity index (χ2v) is 0.724. The van der Waals surface area contributed by atoms with Gasteiger partial charge in [-0.15, -0.1) is 0 Å². The van der Waals surface area contributed by atoms with Crippen LogP contribution in [0.5, 0.6) is 0 Å². The zero-order valence-corrected chi connectivity index (χ0v) is 3.89. The van der Waals surface area contributed by atoms with E-state index in [0.29, 0.717) is 0 Å². The van der Waals surface area contributed by atoms with Crippen molar-refractivity contribution in [3.8, 4) is 35.9 Å². The predicted octanol–water partition coefficient (Wildman–Crippen LogP) is -0.343. The SMILES string of the molecule is OC#CC#CC#CO. The minimum absolute atomic E-state index is 1.55. The van der Waals surface area contributed by atoms with Crippen LogP contribution in [0.3, 0.4) is 0 Å². The molecule has 0 radical (unpaired) electrons. The molecule has 8 heavy (non-hydrogen) atoms. The van der Waals surface area contributed by atoms with Crippen molar-refractivity contribution >= 4 is 0 Å². The minimum Gasteiger partial charge on any atom is -0.461 e. The van der Waals surface area contributed by atoms with Crippen LogP contribution in [0.4, 0.5) is 0 Å². The number of aliphatic hydroxyl groups is 2. The lowest BCUT2D eigenvalue weighted by Crippen LogP contribution is -1.52. The predicted molar refractivity (Wildman–Crippen MR) is 27.2 cm³/mol. The van der Waals surface area contributed by atoms with Crippen molar-refractivity contribution in [2.45, 2.75) is 0 Å². The fraction of sp³-hybridized carbons (Fsp3) is 0. The van der Waals surface area contributed by atoms with Gasteiger partial charge in [-0.3, -0.25) is 0 Å². The van der Waals surface area contributed by atoms with Gasteiger partial charge in [0.2, 0.25) is 0 Å². The Balaban J connectivity index is 3.75. The zero-order valence-electron chi connectivity index (χ0n) is 3.89. The molecule has 0 saturated carbocycles. The molecule has 0 unspecified atom stereocenters. The maximum atomic E-state index is 7.79. The first-order chi connectivity index (χ1) is 3.91. The first kappa shape index (κ1) is 6.28. The van der Waals surface area contributed by atoms with Crippen molar-refractivity contribution in [1.82, 2.24) is 0 Å². The first-order valence-corrected chi connectivity index (χ1v) is 1.70. The van der Waals surface area contributed by atoms with Gasteiger partial charge in [-0.1, -0.05) is 0 Å². The van der Waals surface area contributed by atoms with Crippen molar-refractivity contribution in [3.05, 3.63) is 0 Å². The summed E-state index contributed by atoms with van der Waals surface area (Å²) in [7, 11) is 0. The second kappa shape index (κ2) is 5.28. The van der Waals surface area contributed by atoms with E-state index in [9.17, 15) is 0 Å². The maximum absolute atomic E-state index is 7.79. The number of hydrogen-bond acceptors (Lipinski definition) is 2. The average molecular weight is 106 g/mol. The maximum Gasteiger partial charge on any atom is 0.122 e. The molecule has 2 nitrogen and oxygen atoms in total. The highest BCUT2D eigenvalue weighted by molar-refractivity contribution is 5.33. The number of hydrogen-bond donors (Lipinski definition) is 2. The number of aliphatic hydroxyl groups excluding tert-OH is 2.